The molecule has 0 amide bonds. The molecule has 2 rings (SSSR count). The van der Waals surface area contributed by atoms with Crippen LogP contribution in [-0.4, -0.2) is 22.5 Å². The zero-order valence-corrected chi connectivity index (χ0v) is 12.1. The lowest BCUT2D eigenvalue weighted by atomic mass is 10.1. The van der Waals surface area contributed by atoms with Gasteiger partial charge in [0.05, 0.1) is 12.2 Å². The topological polar surface area (TPSA) is 52.1 Å². The van der Waals surface area contributed by atoms with Crippen LogP contribution in [0.15, 0.2) is 30.5 Å². The summed E-state index contributed by atoms with van der Waals surface area (Å²) >= 11 is 5.87. The molecule has 0 aliphatic carbocycles. The molecule has 116 valence electrons. The van der Waals surface area contributed by atoms with E-state index in [1.165, 1.54) is 12.1 Å². The minimum Gasteiger partial charge on any atom is -0.462 e. The number of rotatable bonds is 3. The van der Waals surface area contributed by atoms with Gasteiger partial charge >= 0.3 is 12.1 Å². The highest BCUT2D eigenvalue weighted by Gasteiger charge is 2.30. The van der Waals surface area contributed by atoms with Gasteiger partial charge in [-0.2, -0.15) is 13.2 Å². The molecule has 0 aliphatic rings. The molecule has 0 saturated heterocycles. The molecule has 0 spiro atoms. The van der Waals surface area contributed by atoms with Crippen LogP contribution in [0, 0.1) is 0 Å². The van der Waals surface area contributed by atoms with Crippen molar-refractivity contribution in [1.29, 1.82) is 0 Å². The zero-order valence-electron chi connectivity index (χ0n) is 11.3. The van der Waals surface area contributed by atoms with Gasteiger partial charge in [0.15, 0.2) is 5.82 Å². The van der Waals surface area contributed by atoms with Gasteiger partial charge in [-0.25, -0.2) is 14.8 Å². The number of carbonyl (C=O) groups is 1. The molecule has 0 unspecified atom stereocenters. The molecule has 22 heavy (non-hydrogen) atoms. The number of carbonyl (C=O) groups excluding carboxylic acids is 1. The molecule has 0 N–H and O–H groups in total. The fourth-order valence-electron chi connectivity index (χ4n) is 1.68. The third-order valence-electron chi connectivity index (χ3n) is 2.69. The lowest BCUT2D eigenvalue weighted by molar-refractivity contribution is -0.137. The van der Waals surface area contributed by atoms with E-state index in [4.69, 9.17) is 16.3 Å². The van der Waals surface area contributed by atoms with Crippen molar-refractivity contribution in [2.24, 2.45) is 0 Å². The lowest BCUT2D eigenvalue weighted by Gasteiger charge is -2.09. The first-order valence-electron chi connectivity index (χ1n) is 6.20. The van der Waals surface area contributed by atoms with E-state index in [2.05, 4.69) is 9.97 Å². The van der Waals surface area contributed by atoms with Gasteiger partial charge in [-0.1, -0.05) is 23.7 Å². The Bertz CT molecular complexity index is 705. The number of nitrogens with zero attached hydrogens (tertiary/aromatic N) is 2. The van der Waals surface area contributed by atoms with E-state index in [-0.39, 0.29) is 28.7 Å². The summed E-state index contributed by atoms with van der Waals surface area (Å²) in [5.74, 6) is -0.702. The number of hydrogen-bond acceptors (Lipinski definition) is 4. The van der Waals surface area contributed by atoms with Crippen molar-refractivity contribution in [3.05, 3.63) is 46.7 Å². The molecule has 1 aromatic carbocycles. The highest BCUT2D eigenvalue weighted by Crippen LogP contribution is 2.31. The van der Waals surface area contributed by atoms with Crippen LogP contribution in [0.2, 0.25) is 5.15 Å². The van der Waals surface area contributed by atoms with Crippen LogP contribution in [0.3, 0.4) is 0 Å². The van der Waals surface area contributed by atoms with Crippen LogP contribution in [0.4, 0.5) is 13.2 Å². The number of aromatic nitrogens is 2. The second kappa shape index (κ2) is 6.31. The van der Waals surface area contributed by atoms with E-state index in [0.29, 0.717) is 0 Å². The Hall–Kier alpha value is -2.15. The molecular formula is C14H10ClF3N2O2. The number of halogens is 4. The van der Waals surface area contributed by atoms with Crippen LogP contribution < -0.4 is 0 Å². The molecule has 0 atom stereocenters. The predicted octanol–water partition coefficient (Wildman–Crippen LogP) is 3.99. The first-order chi connectivity index (χ1) is 10.3. The number of hydrogen-bond donors (Lipinski definition) is 0. The van der Waals surface area contributed by atoms with Crippen molar-refractivity contribution < 1.29 is 22.7 Å². The molecule has 0 bridgehead atoms. The molecule has 2 aromatic rings. The van der Waals surface area contributed by atoms with Gasteiger partial charge in [-0.15, -0.1) is 0 Å². The summed E-state index contributed by atoms with van der Waals surface area (Å²) in [6, 6.07) is 4.52. The fourth-order valence-corrected chi connectivity index (χ4v) is 1.89. The zero-order chi connectivity index (χ0) is 16.3. The summed E-state index contributed by atoms with van der Waals surface area (Å²) in [6.07, 6.45) is -3.34. The summed E-state index contributed by atoms with van der Waals surface area (Å²) in [5, 5.41) is -0.180. The Morgan fingerprint density at radius 2 is 2.09 bits per heavy atom. The van der Waals surface area contributed by atoms with Crippen LogP contribution in [0.1, 0.15) is 22.8 Å². The Morgan fingerprint density at radius 1 is 1.36 bits per heavy atom. The van der Waals surface area contributed by atoms with E-state index in [1.807, 2.05) is 0 Å². The van der Waals surface area contributed by atoms with Crippen molar-refractivity contribution in [1.82, 2.24) is 9.97 Å². The standard InChI is InChI=1S/C14H10ClF3N2O2/c1-2-22-13(21)10-7-19-12(20-11(10)15)8-4-3-5-9(6-8)14(16,17)18/h3-7H,2H2,1H3. The van der Waals surface area contributed by atoms with Gasteiger partial charge in [-0.05, 0) is 19.1 Å². The van der Waals surface area contributed by atoms with E-state index < -0.39 is 17.7 Å². The highest BCUT2D eigenvalue weighted by atomic mass is 35.5. The maximum atomic E-state index is 12.7. The molecule has 1 heterocycles. The van der Waals surface area contributed by atoms with Gasteiger partial charge in [-0.3, -0.25) is 0 Å². The average molecular weight is 331 g/mol. The Kier molecular flexibility index (Phi) is 4.65. The first-order valence-corrected chi connectivity index (χ1v) is 6.58. The second-order valence-electron chi connectivity index (χ2n) is 4.20. The summed E-state index contributed by atoms with van der Waals surface area (Å²) in [4.78, 5) is 19.3. The normalized spacial score (nSPS) is 11.3. The smallest absolute Gasteiger partial charge is 0.416 e. The molecule has 4 nitrogen and oxygen atoms in total. The van der Waals surface area contributed by atoms with Gasteiger partial charge in [0, 0.05) is 11.8 Å². The number of benzene rings is 1. The average Bonchev–Trinajstić information content (AvgIpc) is 2.46. The van der Waals surface area contributed by atoms with Crippen molar-refractivity contribution in [3.8, 4) is 11.4 Å². The Morgan fingerprint density at radius 3 is 2.68 bits per heavy atom. The molecule has 0 aliphatic heterocycles. The molecule has 0 radical (unpaired) electrons. The fraction of sp³-hybridized carbons (Fsp3) is 0.214. The number of ether oxygens (including phenoxy) is 1. The van der Waals surface area contributed by atoms with E-state index in [1.54, 1.807) is 6.92 Å². The van der Waals surface area contributed by atoms with Gasteiger partial charge in [0.2, 0.25) is 0 Å². The third kappa shape index (κ3) is 3.54. The molecule has 1 aromatic heterocycles. The second-order valence-corrected chi connectivity index (χ2v) is 4.56. The Balaban J connectivity index is 2.39. The first kappa shape index (κ1) is 16.2. The monoisotopic (exact) mass is 330 g/mol. The number of esters is 1. The SMILES string of the molecule is CCOC(=O)c1cnc(-c2cccc(C(F)(F)F)c2)nc1Cl. The maximum Gasteiger partial charge on any atom is 0.416 e. The summed E-state index contributed by atoms with van der Waals surface area (Å²) < 4.78 is 42.8. The van der Waals surface area contributed by atoms with E-state index in [0.717, 1.165) is 18.3 Å². The molecule has 0 fully saturated rings. The van der Waals surface area contributed by atoms with Crippen molar-refractivity contribution >= 4 is 17.6 Å². The van der Waals surface area contributed by atoms with Gasteiger partial charge < -0.3 is 4.74 Å². The molecule has 8 heteroatoms. The minimum absolute atomic E-state index is 0.0100. The van der Waals surface area contributed by atoms with Gasteiger partial charge in [0.1, 0.15) is 10.7 Å². The third-order valence-corrected chi connectivity index (χ3v) is 2.97. The van der Waals surface area contributed by atoms with Crippen molar-refractivity contribution in [3.63, 3.8) is 0 Å². The van der Waals surface area contributed by atoms with E-state index in [9.17, 15) is 18.0 Å². The summed E-state index contributed by atoms with van der Waals surface area (Å²) in [7, 11) is 0. The summed E-state index contributed by atoms with van der Waals surface area (Å²) in [5.41, 5.74) is -0.717. The predicted molar refractivity (Wildman–Crippen MR) is 73.4 cm³/mol. The van der Waals surface area contributed by atoms with Crippen LogP contribution in [0.25, 0.3) is 11.4 Å². The minimum atomic E-state index is -4.47. The Labute approximate surface area is 128 Å². The molecular weight excluding hydrogens is 321 g/mol. The molecule has 0 saturated carbocycles. The van der Waals surface area contributed by atoms with Crippen molar-refractivity contribution in [2.45, 2.75) is 13.1 Å². The maximum absolute atomic E-state index is 12.7. The quantitative estimate of drug-likeness (QED) is 0.630. The van der Waals surface area contributed by atoms with Crippen LogP contribution in [0.5, 0.6) is 0 Å². The van der Waals surface area contributed by atoms with E-state index >= 15 is 0 Å². The van der Waals surface area contributed by atoms with Crippen LogP contribution in [-0.2, 0) is 10.9 Å². The number of alkyl halides is 3. The summed E-state index contributed by atoms with van der Waals surface area (Å²) in [6.45, 7) is 1.79. The highest BCUT2D eigenvalue weighted by molar-refractivity contribution is 6.32. The van der Waals surface area contributed by atoms with Gasteiger partial charge in [0.25, 0.3) is 0 Å². The largest absolute Gasteiger partial charge is 0.462 e. The lowest BCUT2D eigenvalue weighted by Crippen LogP contribution is -2.08. The van der Waals surface area contributed by atoms with Crippen LogP contribution >= 0.6 is 11.6 Å². The van der Waals surface area contributed by atoms with Crippen molar-refractivity contribution in [2.75, 3.05) is 6.61 Å².